The monoisotopic (exact) mass is 213 g/mol. The molecule has 0 saturated carbocycles. The molecule has 14 heavy (non-hydrogen) atoms. The maximum absolute atomic E-state index is 10.8. The standard InChI is InChI=1S/C10H12ClNO2/c11-10(13)9-4-3-8(14-9)7-12-5-1-2-6-12/h3-4H,1-2,5-7H2. The van der Waals surface area contributed by atoms with Crippen molar-refractivity contribution in [3.05, 3.63) is 23.7 Å². The Hall–Kier alpha value is -0.800. The lowest BCUT2D eigenvalue weighted by atomic mass is 10.4. The molecule has 0 bridgehead atoms. The Morgan fingerprint density at radius 1 is 1.43 bits per heavy atom. The van der Waals surface area contributed by atoms with Crippen LogP contribution in [0.3, 0.4) is 0 Å². The van der Waals surface area contributed by atoms with Crippen LogP contribution in [0.1, 0.15) is 29.2 Å². The van der Waals surface area contributed by atoms with Crippen molar-refractivity contribution >= 4 is 16.8 Å². The van der Waals surface area contributed by atoms with Gasteiger partial charge in [-0.25, -0.2) is 0 Å². The summed E-state index contributed by atoms with van der Waals surface area (Å²) in [5.41, 5.74) is 0. The summed E-state index contributed by atoms with van der Waals surface area (Å²) in [5.74, 6) is 1.05. The molecule has 1 aliphatic heterocycles. The van der Waals surface area contributed by atoms with Gasteiger partial charge in [0.2, 0.25) is 0 Å². The lowest BCUT2D eigenvalue weighted by molar-refractivity contribution is 0.105. The number of carbonyl (C=O) groups excluding carboxylic acids is 1. The number of hydrogen-bond donors (Lipinski definition) is 0. The van der Waals surface area contributed by atoms with Crippen LogP contribution in [0.5, 0.6) is 0 Å². The lowest BCUT2D eigenvalue weighted by Gasteiger charge is -2.11. The highest BCUT2D eigenvalue weighted by atomic mass is 35.5. The molecule has 0 spiro atoms. The first-order valence-electron chi connectivity index (χ1n) is 4.76. The molecule has 0 aromatic carbocycles. The summed E-state index contributed by atoms with van der Waals surface area (Å²) < 4.78 is 5.28. The van der Waals surface area contributed by atoms with E-state index in [-0.39, 0.29) is 5.76 Å². The maximum atomic E-state index is 10.8. The first-order chi connectivity index (χ1) is 6.75. The van der Waals surface area contributed by atoms with Gasteiger partial charge in [0.1, 0.15) is 5.76 Å². The molecule has 0 radical (unpaired) electrons. The van der Waals surface area contributed by atoms with Crippen LogP contribution in [0, 0.1) is 0 Å². The molecular formula is C10H12ClNO2. The summed E-state index contributed by atoms with van der Waals surface area (Å²) in [5, 5.41) is -0.530. The molecular weight excluding hydrogens is 202 g/mol. The Morgan fingerprint density at radius 3 is 2.71 bits per heavy atom. The number of furan rings is 1. The van der Waals surface area contributed by atoms with E-state index in [0.29, 0.717) is 0 Å². The largest absolute Gasteiger partial charge is 0.455 e. The fraction of sp³-hybridized carbons (Fsp3) is 0.500. The van der Waals surface area contributed by atoms with Crippen molar-refractivity contribution < 1.29 is 9.21 Å². The zero-order valence-corrected chi connectivity index (χ0v) is 8.59. The molecule has 1 saturated heterocycles. The van der Waals surface area contributed by atoms with Crippen LogP contribution < -0.4 is 0 Å². The first kappa shape index (κ1) is 9.74. The van der Waals surface area contributed by atoms with E-state index < -0.39 is 5.24 Å². The molecule has 0 atom stereocenters. The van der Waals surface area contributed by atoms with Gasteiger partial charge in [0.15, 0.2) is 5.76 Å². The zero-order valence-electron chi connectivity index (χ0n) is 7.83. The minimum absolute atomic E-state index is 0.237. The van der Waals surface area contributed by atoms with Crippen LogP contribution in [0.2, 0.25) is 0 Å². The molecule has 0 unspecified atom stereocenters. The molecule has 2 heterocycles. The van der Waals surface area contributed by atoms with Gasteiger partial charge in [-0.1, -0.05) is 0 Å². The Balaban J connectivity index is 1.98. The molecule has 2 rings (SSSR count). The molecule has 0 N–H and O–H groups in total. The number of nitrogens with zero attached hydrogens (tertiary/aromatic N) is 1. The second kappa shape index (κ2) is 4.15. The summed E-state index contributed by atoms with van der Waals surface area (Å²) in [6.07, 6.45) is 2.50. The van der Waals surface area contributed by atoms with Crippen LogP contribution in [0.25, 0.3) is 0 Å². The highest BCUT2D eigenvalue weighted by Gasteiger charge is 2.14. The summed E-state index contributed by atoms with van der Waals surface area (Å²) in [4.78, 5) is 13.1. The SMILES string of the molecule is O=C(Cl)c1ccc(CN2CCCC2)o1. The van der Waals surface area contributed by atoms with Crippen molar-refractivity contribution in [2.45, 2.75) is 19.4 Å². The number of rotatable bonds is 3. The van der Waals surface area contributed by atoms with E-state index in [9.17, 15) is 4.79 Å². The summed E-state index contributed by atoms with van der Waals surface area (Å²) >= 11 is 5.29. The normalized spacial score (nSPS) is 17.5. The summed E-state index contributed by atoms with van der Waals surface area (Å²) in [6.45, 7) is 3.01. The molecule has 1 fully saturated rings. The number of halogens is 1. The Labute approximate surface area is 87.6 Å². The Kier molecular flexibility index (Phi) is 2.89. The van der Waals surface area contributed by atoms with E-state index in [1.54, 1.807) is 6.07 Å². The second-order valence-electron chi connectivity index (χ2n) is 3.52. The van der Waals surface area contributed by atoms with Gasteiger partial charge in [-0.05, 0) is 49.7 Å². The molecule has 0 amide bonds. The zero-order chi connectivity index (χ0) is 9.97. The van der Waals surface area contributed by atoms with Crippen molar-refractivity contribution in [1.29, 1.82) is 0 Å². The third-order valence-electron chi connectivity index (χ3n) is 2.43. The minimum atomic E-state index is -0.530. The predicted octanol–water partition coefficient (Wildman–Crippen LogP) is 2.25. The molecule has 1 aliphatic rings. The molecule has 3 nitrogen and oxygen atoms in total. The fourth-order valence-electron chi connectivity index (χ4n) is 1.73. The van der Waals surface area contributed by atoms with Crippen molar-refractivity contribution in [3.63, 3.8) is 0 Å². The van der Waals surface area contributed by atoms with Crippen molar-refractivity contribution in [2.24, 2.45) is 0 Å². The van der Waals surface area contributed by atoms with Gasteiger partial charge >= 0.3 is 0 Å². The Morgan fingerprint density at radius 2 is 2.14 bits per heavy atom. The summed E-state index contributed by atoms with van der Waals surface area (Å²) in [6, 6.07) is 3.44. The van der Waals surface area contributed by atoms with Crippen LogP contribution in [0.4, 0.5) is 0 Å². The lowest BCUT2D eigenvalue weighted by Crippen LogP contribution is -2.17. The van der Waals surface area contributed by atoms with E-state index >= 15 is 0 Å². The third-order valence-corrected chi connectivity index (χ3v) is 2.62. The molecule has 1 aromatic heterocycles. The van der Waals surface area contributed by atoms with Gasteiger partial charge in [-0.3, -0.25) is 9.69 Å². The van der Waals surface area contributed by atoms with Gasteiger partial charge in [-0.15, -0.1) is 0 Å². The average Bonchev–Trinajstić information content (AvgIpc) is 2.75. The number of hydrogen-bond acceptors (Lipinski definition) is 3. The van der Waals surface area contributed by atoms with Gasteiger partial charge < -0.3 is 4.42 Å². The van der Waals surface area contributed by atoms with Crippen LogP contribution >= 0.6 is 11.6 Å². The van der Waals surface area contributed by atoms with Crippen LogP contribution in [-0.2, 0) is 6.54 Å². The average molecular weight is 214 g/mol. The third kappa shape index (κ3) is 2.16. The Bertz CT molecular complexity index is 329. The van der Waals surface area contributed by atoms with Gasteiger partial charge in [0, 0.05) is 0 Å². The first-order valence-corrected chi connectivity index (χ1v) is 5.14. The molecule has 4 heteroatoms. The van der Waals surface area contributed by atoms with E-state index in [1.807, 2.05) is 6.07 Å². The fourth-order valence-corrected chi connectivity index (χ4v) is 1.83. The molecule has 0 aliphatic carbocycles. The minimum Gasteiger partial charge on any atom is -0.455 e. The van der Waals surface area contributed by atoms with Crippen molar-refractivity contribution in [2.75, 3.05) is 13.1 Å². The topological polar surface area (TPSA) is 33.5 Å². The van der Waals surface area contributed by atoms with E-state index in [4.69, 9.17) is 16.0 Å². The van der Waals surface area contributed by atoms with E-state index in [1.165, 1.54) is 12.8 Å². The smallest absolute Gasteiger partial charge is 0.287 e. The predicted molar refractivity (Wildman–Crippen MR) is 53.4 cm³/mol. The highest BCUT2D eigenvalue weighted by Crippen LogP contribution is 2.15. The van der Waals surface area contributed by atoms with E-state index in [2.05, 4.69) is 4.90 Å². The van der Waals surface area contributed by atoms with Crippen LogP contribution in [-0.4, -0.2) is 23.2 Å². The van der Waals surface area contributed by atoms with Gasteiger partial charge in [-0.2, -0.15) is 0 Å². The summed E-state index contributed by atoms with van der Waals surface area (Å²) in [7, 11) is 0. The maximum Gasteiger partial charge on any atom is 0.287 e. The quantitative estimate of drug-likeness (QED) is 0.723. The molecule has 1 aromatic rings. The van der Waals surface area contributed by atoms with Gasteiger partial charge in [0.25, 0.3) is 5.24 Å². The molecule has 76 valence electrons. The number of likely N-dealkylation sites (tertiary alicyclic amines) is 1. The van der Waals surface area contributed by atoms with Crippen molar-refractivity contribution in [3.8, 4) is 0 Å². The van der Waals surface area contributed by atoms with E-state index in [0.717, 1.165) is 25.4 Å². The van der Waals surface area contributed by atoms with Gasteiger partial charge in [0.05, 0.1) is 6.54 Å². The van der Waals surface area contributed by atoms with Crippen LogP contribution in [0.15, 0.2) is 16.5 Å². The second-order valence-corrected chi connectivity index (χ2v) is 3.87. The van der Waals surface area contributed by atoms with Crippen molar-refractivity contribution in [1.82, 2.24) is 4.90 Å². The highest BCUT2D eigenvalue weighted by molar-refractivity contribution is 6.67. The number of carbonyl (C=O) groups is 1.